The second kappa shape index (κ2) is 9.38. The molecule has 0 bridgehead atoms. The van der Waals surface area contributed by atoms with E-state index in [0.29, 0.717) is 27.9 Å². The molecule has 1 aliphatic rings. The average Bonchev–Trinajstić information content (AvgIpc) is 3.44. The number of aromatic nitrogens is 1. The molecule has 0 radical (unpaired) electrons. The Balaban J connectivity index is 1.32. The Hall–Kier alpha value is -2.07. The number of hydrogen-bond acceptors (Lipinski definition) is 7. The molecule has 0 aliphatic carbocycles. The standard InChI is InChI=1S/C21H22N2O4S3/c24-19(27-14-17-15-28-21(22-17)16-7-3-1-4-8-16)13-18-9-10-20(29-18)30(25,26)23-11-5-2-6-12-23/h1,3-4,7-10,15H,2,5-6,11-14H2. The predicted molar refractivity (Wildman–Crippen MR) is 118 cm³/mol. The Labute approximate surface area is 184 Å². The number of thiazole rings is 1. The van der Waals surface area contributed by atoms with Gasteiger partial charge in [-0.2, -0.15) is 4.31 Å². The molecule has 0 atom stereocenters. The van der Waals surface area contributed by atoms with E-state index >= 15 is 0 Å². The Morgan fingerprint density at radius 1 is 1.07 bits per heavy atom. The van der Waals surface area contributed by atoms with E-state index < -0.39 is 16.0 Å². The summed E-state index contributed by atoms with van der Waals surface area (Å²) in [6.45, 7) is 1.24. The number of esters is 1. The number of benzene rings is 1. The van der Waals surface area contributed by atoms with Gasteiger partial charge in [0, 0.05) is 28.9 Å². The van der Waals surface area contributed by atoms with Crippen molar-refractivity contribution < 1.29 is 17.9 Å². The molecule has 0 amide bonds. The number of carbonyl (C=O) groups is 1. The van der Waals surface area contributed by atoms with Gasteiger partial charge < -0.3 is 4.74 Å². The second-order valence-corrected chi connectivity index (χ2v) is 11.2. The van der Waals surface area contributed by atoms with Crippen LogP contribution in [0.2, 0.25) is 0 Å². The zero-order valence-electron chi connectivity index (χ0n) is 16.3. The summed E-state index contributed by atoms with van der Waals surface area (Å²) in [6.07, 6.45) is 2.91. The van der Waals surface area contributed by atoms with E-state index in [2.05, 4.69) is 4.98 Å². The van der Waals surface area contributed by atoms with Crippen molar-refractivity contribution in [3.63, 3.8) is 0 Å². The van der Waals surface area contributed by atoms with Gasteiger partial charge in [-0.15, -0.1) is 22.7 Å². The van der Waals surface area contributed by atoms with E-state index in [4.69, 9.17) is 4.74 Å². The first-order valence-electron chi connectivity index (χ1n) is 9.77. The SMILES string of the molecule is O=C(Cc1ccc(S(=O)(=O)N2CCCCC2)s1)OCc1csc(-c2ccccc2)n1. The summed E-state index contributed by atoms with van der Waals surface area (Å²) in [5.41, 5.74) is 1.73. The first kappa shape index (κ1) is 21.2. The molecule has 3 aromatic rings. The average molecular weight is 463 g/mol. The third kappa shape index (κ3) is 4.97. The Kier molecular flexibility index (Phi) is 6.62. The highest BCUT2D eigenvalue weighted by molar-refractivity contribution is 7.91. The summed E-state index contributed by atoms with van der Waals surface area (Å²) in [5.74, 6) is -0.395. The maximum Gasteiger partial charge on any atom is 0.311 e. The summed E-state index contributed by atoms with van der Waals surface area (Å²) < 4.78 is 32.6. The number of rotatable bonds is 7. The van der Waals surface area contributed by atoms with Crippen molar-refractivity contribution in [2.75, 3.05) is 13.1 Å². The molecular formula is C21H22N2O4S3. The first-order valence-corrected chi connectivity index (χ1v) is 12.9. The van der Waals surface area contributed by atoms with Crippen LogP contribution in [0.5, 0.6) is 0 Å². The molecule has 9 heteroatoms. The van der Waals surface area contributed by atoms with E-state index in [1.165, 1.54) is 15.6 Å². The molecule has 1 aromatic carbocycles. The third-order valence-corrected chi connectivity index (χ3v) is 9.21. The van der Waals surface area contributed by atoms with E-state index in [1.807, 2.05) is 35.7 Å². The molecule has 0 spiro atoms. The Morgan fingerprint density at radius 2 is 1.83 bits per heavy atom. The van der Waals surface area contributed by atoms with Crippen LogP contribution in [-0.2, 0) is 32.6 Å². The molecule has 0 unspecified atom stereocenters. The number of carbonyl (C=O) groups excluding carboxylic acids is 1. The molecular weight excluding hydrogens is 440 g/mol. The predicted octanol–water partition coefficient (Wildman–Crippen LogP) is 4.33. The molecule has 4 rings (SSSR count). The van der Waals surface area contributed by atoms with E-state index in [0.717, 1.165) is 41.2 Å². The molecule has 158 valence electrons. The number of piperidine rings is 1. The normalized spacial score (nSPS) is 15.2. The molecule has 1 saturated heterocycles. The molecule has 3 heterocycles. The van der Waals surface area contributed by atoms with Crippen LogP contribution in [0.3, 0.4) is 0 Å². The summed E-state index contributed by atoms with van der Waals surface area (Å²) in [5, 5.41) is 2.76. The highest BCUT2D eigenvalue weighted by atomic mass is 32.2. The quantitative estimate of drug-likeness (QED) is 0.489. The lowest BCUT2D eigenvalue weighted by Gasteiger charge is -2.25. The summed E-state index contributed by atoms with van der Waals surface area (Å²) >= 11 is 2.65. The fourth-order valence-electron chi connectivity index (χ4n) is 3.26. The van der Waals surface area contributed by atoms with Crippen molar-refractivity contribution in [2.45, 2.75) is 36.5 Å². The monoisotopic (exact) mass is 462 g/mol. The summed E-state index contributed by atoms with van der Waals surface area (Å²) in [7, 11) is -3.46. The maximum atomic E-state index is 12.7. The highest BCUT2D eigenvalue weighted by Crippen LogP contribution is 2.28. The Morgan fingerprint density at radius 3 is 2.60 bits per heavy atom. The number of ether oxygens (including phenoxy) is 1. The van der Waals surface area contributed by atoms with E-state index in [9.17, 15) is 13.2 Å². The molecule has 30 heavy (non-hydrogen) atoms. The van der Waals surface area contributed by atoms with Crippen LogP contribution in [0.1, 0.15) is 29.8 Å². The lowest BCUT2D eigenvalue weighted by molar-refractivity contribution is -0.144. The highest BCUT2D eigenvalue weighted by Gasteiger charge is 2.27. The van der Waals surface area contributed by atoms with Crippen molar-refractivity contribution in [1.82, 2.24) is 9.29 Å². The van der Waals surface area contributed by atoms with Crippen LogP contribution in [0.25, 0.3) is 10.6 Å². The second-order valence-electron chi connectivity index (χ2n) is 7.03. The van der Waals surface area contributed by atoms with Crippen LogP contribution in [0.15, 0.2) is 52.1 Å². The minimum Gasteiger partial charge on any atom is -0.459 e. The molecule has 2 aromatic heterocycles. The van der Waals surface area contributed by atoms with Crippen molar-refractivity contribution in [1.29, 1.82) is 0 Å². The van der Waals surface area contributed by atoms with Gasteiger partial charge in [-0.25, -0.2) is 13.4 Å². The minimum atomic E-state index is -3.46. The van der Waals surface area contributed by atoms with Crippen LogP contribution in [0, 0.1) is 0 Å². The van der Waals surface area contributed by atoms with Gasteiger partial charge in [0.25, 0.3) is 10.0 Å². The van der Waals surface area contributed by atoms with Gasteiger partial charge in [0.1, 0.15) is 15.8 Å². The smallest absolute Gasteiger partial charge is 0.311 e. The van der Waals surface area contributed by atoms with Crippen LogP contribution in [0.4, 0.5) is 0 Å². The maximum absolute atomic E-state index is 12.7. The van der Waals surface area contributed by atoms with Gasteiger partial charge in [-0.3, -0.25) is 4.79 Å². The van der Waals surface area contributed by atoms with E-state index in [1.54, 1.807) is 12.1 Å². The molecule has 6 nitrogen and oxygen atoms in total. The number of thiophene rings is 1. The number of sulfonamides is 1. The third-order valence-electron chi connectivity index (χ3n) is 4.82. The molecule has 0 saturated carbocycles. The van der Waals surface area contributed by atoms with Crippen LogP contribution in [-0.4, -0.2) is 36.8 Å². The fraction of sp³-hybridized carbons (Fsp3) is 0.333. The van der Waals surface area contributed by atoms with Crippen molar-refractivity contribution >= 4 is 38.7 Å². The lowest BCUT2D eigenvalue weighted by Crippen LogP contribution is -2.35. The van der Waals surface area contributed by atoms with Gasteiger partial charge in [0.2, 0.25) is 0 Å². The number of nitrogens with zero attached hydrogens (tertiary/aromatic N) is 2. The molecule has 0 N–H and O–H groups in total. The zero-order chi connectivity index (χ0) is 21.0. The fourth-order valence-corrected chi connectivity index (χ4v) is 7.08. The molecule has 1 aliphatic heterocycles. The topological polar surface area (TPSA) is 76.6 Å². The van der Waals surface area contributed by atoms with Crippen LogP contribution < -0.4 is 0 Å². The van der Waals surface area contributed by atoms with Gasteiger partial charge in [-0.05, 0) is 25.0 Å². The van der Waals surface area contributed by atoms with E-state index in [-0.39, 0.29) is 13.0 Å². The van der Waals surface area contributed by atoms with Gasteiger partial charge in [0.15, 0.2) is 0 Å². The lowest BCUT2D eigenvalue weighted by atomic mass is 10.2. The molecule has 1 fully saturated rings. The zero-order valence-corrected chi connectivity index (χ0v) is 18.8. The van der Waals surface area contributed by atoms with Gasteiger partial charge in [0.05, 0.1) is 12.1 Å². The summed E-state index contributed by atoms with van der Waals surface area (Å²) in [6, 6.07) is 13.1. The summed E-state index contributed by atoms with van der Waals surface area (Å²) in [4.78, 5) is 17.4. The van der Waals surface area contributed by atoms with Crippen LogP contribution >= 0.6 is 22.7 Å². The number of hydrogen-bond donors (Lipinski definition) is 0. The Bertz CT molecular complexity index is 1100. The minimum absolute atomic E-state index is 0.0515. The van der Waals surface area contributed by atoms with Gasteiger partial charge >= 0.3 is 5.97 Å². The van der Waals surface area contributed by atoms with Gasteiger partial charge in [-0.1, -0.05) is 36.8 Å². The first-order chi connectivity index (χ1) is 14.5. The van der Waals surface area contributed by atoms with Crippen molar-refractivity contribution in [3.8, 4) is 10.6 Å². The van der Waals surface area contributed by atoms with Crippen molar-refractivity contribution in [3.05, 3.63) is 58.4 Å². The van der Waals surface area contributed by atoms with Crippen molar-refractivity contribution in [2.24, 2.45) is 0 Å². The largest absolute Gasteiger partial charge is 0.459 e.